The lowest BCUT2D eigenvalue weighted by Crippen LogP contribution is -2.49. The van der Waals surface area contributed by atoms with Crippen LogP contribution in [0.2, 0.25) is 0 Å². The number of nitrogens with zero attached hydrogens (tertiary/aromatic N) is 2. The molecule has 2 heterocycles. The highest BCUT2D eigenvalue weighted by Gasteiger charge is 2.46. The molecule has 2 aliphatic heterocycles. The first-order valence-corrected chi connectivity index (χ1v) is 8.37. The SMILES string of the molecule is NC1CC2CCC(C1)N2S(=O)(=O)c1cccc([N+](=O)[O-])c1. The van der Waals surface area contributed by atoms with E-state index in [9.17, 15) is 18.5 Å². The molecule has 7 nitrogen and oxygen atoms in total. The van der Waals surface area contributed by atoms with Crippen LogP contribution in [-0.4, -0.2) is 35.8 Å². The Morgan fingerprint density at radius 3 is 2.43 bits per heavy atom. The van der Waals surface area contributed by atoms with Gasteiger partial charge < -0.3 is 5.73 Å². The van der Waals surface area contributed by atoms with E-state index in [0.29, 0.717) is 12.8 Å². The van der Waals surface area contributed by atoms with Gasteiger partial charge in [-0.05, 0) is 31.7 Å². The van der Waals surface area contributed by atoms with E-state index in [1.165, 1.54) is 22.5 Å². The summed E-state index contributed by atoms with van der Waals surface area (Å²) in [5, 5.41) is 10.8. The van der Waals surface area contributed by atoms with E-state index in [0.717, 1.165) is 18.9 Å². The summed E-state index contributed by atoms with van der Waals surface area (Å²) in [6, 6.07) is 5.12. The van der Waals surface area contributed by atoms with Gasteiger partial charge in [-0.3, -0.25) is 10.1 Å². The zero-order valence-electron chi connectivity index (χ0n) is 11.4. The van der Waals surface area contributed by atoms with Gasteiger partial charge in [0.1, 0.15) is 0 Å². The van der Waals surface area contributed by atoms with Crippen molar-refractivity contribution in [2.24, 2.45) is 5.73 Å². The second kappa shape index (κ2) is 5.04. The zero-order chi connectivity index (χ0) is 15.2. The maximum absolute atomic E-state index is 12.8. The van der Waals surface area contributed by atoms with Gasteiger partial charge in [0.05, 0.1) is 9.82 Å². The zero-order valence-corrected chi connectivity index (χ0v) is 12.2. The van der Waals surface area contributed by atoms with Crippen LogP contribution < -0.4 is 5.73 Å². The molecule has 2 aliphatic rings. The molecule has 2 bridgehead atoms. The van der Waals surface area contributed by atoms with Crippen LogP contribution in [-0.2, 0) is 10.0 Å². The van der Waals surface area contributed by atoms with Crippen molar-refractivity contribution in [3.05, 3.63) is 34.4 Å². The molecule has 0 aromatic heterocycles. The number of nitro benzene ring substituents is 1. The third kappa shape index (κ3) is 2.43. The van der Waals surface area contributed by atoms with Crippen LogP contribution in [0, 0.1) is 10.1 Å². The maximum atomic E-state index is 12.8. The molecule has 2 saturated heterocycles. The Morgan fingerprint density at radius 2 is 1.86 bits per heavy atom. The molecular formula is C13H17N3O4S. The normalized spacial score (nSPS) is 29.5. The van der Waals surface area contributed by atoms with Crippen molar-refractivity contribution in [1.29, 1.82) is 0 Å². The van der Waals surface area contributed by atoms with Gasteiger partial charge in [-0.2, -0.15) is 4.31 Å². The summed E-state index contributed by atoms with van der Waals surface area (Å²) in [7, 11) is -3.70. The molecule has 0 aliphatic carbocycles. The van der Waals surface area contributed by atoms with Crippen molar-refractivity contribution in [3.63, 3.8) is 0 Å². The molecule has 2 atom stereocenters. The topological polar surface area (TPSA) is 107 Å². The lowest BCUT2D eigenvalue weighted by molar-refractivity contribution is -0.385. The predicted molar refractivity (Wildman–Crippen MR) is 76.1 cm³/mol. The first-order valence-electron chi connectivity index (χ1n) is 6.93. The molecule has 8 heteroatoms. The van der Waals surface area contributed by atoms with Crippen LogP contribution in [0.4, 0.5) is 5.69 Å². The molecule has 2 fully saturated rings. The smallest absolute Gasteiger partial charge is 0.270 e. The van der Waals surface area contributed by atoms with Crippen molar-refractivity contribution in [3.8, 4) is 0 Å². The van der Waals surface area contributed by atoms with Gasteiger partial charge in [0, 0.05) is 30.3 Å². The predicted octanol–water partition coefficient (Wildman–Crippen LogP) is 1.24. The summed E-state index contributed by atoms with van der Waals surface area (Å²) >= 11 is 0. The molecule has 2 N–H and O–H groups in total. The Hall–Kier alpha value is -1.51. The number of sulfonamides is 1. The minimum atomic E-state index is -3.70. The van der Waals surface area contributed by atoms with Gasteiger partial charge in [-0.15, -0.1) is 0 Å². The molecular weight excluding hydrogens is 294 g/mol. The number of rotatable bonds is 3. The minimum Gasteiger partial charge on any atom is -0.328 e. The van der Waals surface area contributed by atoms with Crippen LogP contribution in [0.1, 0.15) is 25.7 Å². The highest BCUT2D eigenvalue weighted by molar-refractivity contribution is 7.89. The summed E-state index contributed by atoms with van der Waals surface area (Å²) in [6.45, 7) is 0. The van der Waals surface area contributed by atoms with Crippen LogP contribution in [0.3, 0.4) is 0 Å². The Morgan fingerprint density at radius 1 is 1.24 bits per heavy atom. The van der Waals surface area contributed by atoms with Crippen molar-refractivity contribution in [2.45, 2.75) is 48.7 Å². The summed E-state index contributed by atoms with van der Waals surface area (Å²) in [6.07, 6.45) is 2.94. The molecule has 0 amide bonds. The van der Waals surface area contributed by atoms with Crippen LogP contribution in [0.15, 0.2) is 29.2 Å². The Bertz CT molecular complexity index is 662. The maximum Gasteiger partial charge on any atom is 0.270 e. The van der Waals surface area contributed by atoms with Gasteiger partial charge in [0.15, 0.2) is 0 Å². The lowest BCUT2D eigenvalue weighted by atomic mass is 10.0. The molecule has 1 aromatic rings. The molecule has 1 aromatic carbocycles. The number of nitro groups is 1. The first kappa shape index (κ1) is 14.4. The number of hydrogen-bond acceptors (Lipinski definition) is 5. The highest BCUT2D eigenvalue weighted by atomic mass is 32.2. The Kier molecular flexibility index (Phi) is 3.46. The summed E-state index contributed by atoms with van der Waals surface area (Å²) in [5.74, 6) is 0. The third-order valence-electron chi connectivity index (χ3n) is 4.31. The Labute approximate surface area is 122 Å². The second-order valence-electron chi connectivity index (χ2n) is 5.71. The molecule has 2 unspecified atom stereocenters. The lowest BCUT2D eigenvalue weighted by Gasteiger charge is -2.36. The molecule has 0 spiro atoms. The van der Waals surface area contributed by atoms with E-state index in [-0.39, 0.29) is 28.7 Å². The largest absolute Gasteiger partial charge is 0.328 e. The van der Waals surface area contributed by atoms with E-state index < -0.39 is 14.9 Å². The number of fused-ring (bicyclic) bond motifs is 2. The van der Waals surface area contributed by atoms with Crippen molar-refractivity contribution >= 4 is 15.7 Å². The van der Waals surface area contributed by atoms with E-state index in [1.54, 1.807) is 0 Å². The van der Waals surface area contributed by atoms with Gasteiger partial charge in [0.25, 0.3) is 5.69 Å². The van der Waals surface area contributed by atoms with Gasteiger partial charge in [0.2, 0.25) is 10.0 Å². The molecule has 0 radical (unpaired) electrons. The minimum absolute atomic E-state index is 0.0101. The van der Waals surface area contributed by atoms with Crippen molar-refractivity contribution in [2.75, 3.05) is 0 Å². The molecule has 114 valence electrons. The fraction of sp³-hybridized carbons (Fsp3) is 0.538. The van der Waals surface area contributed by atoms with Gasteiger partial charge >= 0.3 is 0 Å². The summed E-state index contributed by atoms with van der Waals surface area (Å²) < 4.78 is 27.1. The average molecular weight is 311 g/mol. The molecule has 0 saturated carbocycles. The number of benzene rings is 1. The fourth-order valence-corrected chi connectivity index (χ4v) is 5.38. The quantitative estimate of drug-likeness (QED) is 0.667. The summed E-state index contributed by atoms with van der Waals surface area (Å²) in [4.78, 5) is 10.2. The van der Waals surface area contributed by atoms with E-state index in [4.69, 9.17) is 5.73 Å². The number of non-ortho nitro benzene ring substituents is 1. The Balaban J connectivity index is 1.98. The standard InChI is InChI=1S/C13H17N3O4S/c14-9-6-10-4-5-11(7-9)15(10)21(19,20)13-3-1-2-12(8-13)16(17)18/h1-3,8-11H,4-7,14H2. The number of piperidine rings is 1. The third-order valence-corrected chi connectivity index (χ3v) is 6.31. The van der Waals surface area contributed by atoms with E-state index in [2.05, 4.69) is 0 Å². The van der Waals surface area contributed by atoms with Crippen molar-refractivity contribution in [1.82, 2.24) is 4.31 Å². The van der Waals surface area contributed by atoms with Gasteiger partial charge in [-0.1, -0.05) is 6.07 Å². The first-order chi connectivity index (χ1) is 9.89. The van der Waals surface area contributed by atoms with Crippen LogP contribution >= 0.6 is 0 Å². The van der Waals surface area contributed by atoms with Crippen LogP contribution in [0.5, 0.6) is 0 Å². The monoisotopic (exact) mass is 311 g/mol. The van der Waals surface area contributed by atoms with Gasteiger partial charge in [-0.25, -0.2) is 8.42 Å². The van der Waals surface area contributed by atoms with E-state index >= 15 is 0 Å². The van der Waals surface area contributed by atoms with E-state index in [1.807, 2.05) is 0 Å². The second-order valence-corrected chi connectivity index (χ2v) is 7.55. The fourth-order valence-electron chi connectivity index (χ4n) is 3.45. The number of hydrogen-bond donors (Lipinski definition) is 1. The van der Waals surface area contributed by atoms with Crippen LogP contribution in [0.25, 0.3) is 0 Å². The highest BCUT2D eigenvalue weighted by Crippen LogP contribution is 2.39. The average Bonchev–Trinajstić information content (AvgIpc) is 2.72. The number of nitrogens with two attached hydrogens (primary N) is 1. The van der Waals surface area contributed by atoms with Crippen molar-refractivity contribution < 1.29 is 13.3 Å². The summed E-state index contributed by atoms with van der Waals surface area (Å²) in [5.41, 5.74) is 5.74. The molecule has 3 rings (SSSR count). The molecule has 21 heavy (non-hydrogen) atoms.